The molecule has 0 radical (unpaired) electrons. The third-order valence-corrected chi connectivity index (χ3v) is 2.81. The normalized spacial score (nSPS) is 13.7. The molecule has 0 aromatic rings. The van der Waals surface area contributed by atoms with Crippen LogP contribution in [0.2, 0.25) is 0 Å². The monoisotopic (exact) mass is 382 g/mol. The van der Waals surface area contributed by atoms with Gasteiger partial charge < -0.3 is 4.74 Å². The lowest BCUT2D eigenvalue weighted by Gasteiger charge is -2.38. The Morgan fingerprint density at radius 3 is 1.46 bits per heavy atom. The Bertz CT molecular complexity index is 444. The number of ether oxygens (including phenoxy) is 1. The minimum atomic E-state index is -7.05. The summed E-state index contributed by atoms with van der Waals surface area (Å²) in [6.45, 7) is 0.612. The Labute approximate surface area is 127 Å². The lowest BCUT2D eigenvalue weighted by Crippen LogP contribution is -2.60. The van der Waals surface area contributed by atoms with E-state index in [0.717, 1.165) is 0 Å². The van der Waals surface area contributed by atoms with E-state index in [1.165, 1.54) is 6.92 Å². The summed E-state index contributed by atoms with van der Waals surface area (Å²) in [7, 11) is 0. The molecule has 0 aromatic heterocycles. The van der Waals surface area contributed by atoms with Gasteiger partial charge in [0.2, 0.25) is 0 Å². The number of alkyl halides is 9. The summed E-state index contributed by atoms with van der Waals surface area (Å²) in [5, 5.41) is 0. The molecule has 24 heavy (non-hydrogen) atoms. The standard InChI is InChI=1S/C11H9F11O2/c1-2-3-24-7(23)5(6(12)13)4-8(9(14,15)16,10(17,18)19)11(20,21)22/h2-4H2,1H3. The maximum Gasteiger partial charge on any atom is 0.412 e. The van der Waals surface area contributed by atoms with Crippen LogP contribution in [0.3, 0.4) is 0 Å². The molecule has 0 saturated carbocycles. The topological polar surface area (TPSA) is 26.3 Å². The van der Waals surface area contributed by atoms with Crippen LogP contribution in [-0.4, -0.2) is 31.1 Å². The molecule has 0 heterocycles. The number of carbonyl (C=O) groups is 1. The van der Waals surface area contributed by atoms with Crippen LogP contribution in [0.5, 0.6) is 0 Å². The van der Waals surface area contributed by atoms with Crippen LogP contribution in [0.1, 0.15) is 19.8 Å². The number of esters is 1. The third kappa shape index (κ3) is 4.29. The first-order valence-corrected chi connectivity index (χ1v) is 5.94. The highest BCUT2D eigenvalue weighted by molar-refractivity contribution is 5.88. The van der Waals surface area contributed by atoms with E-state index in [2.05, 4.69) is 4.74 Å². The maximum atomic E-state index is 12.6. The summed E-state index contributed by atoms with van der Waals surface area (Å²) in [6, 6.07) is 0. The second kappa shape index (κ2) is 7.13. The Morgan fingerprint density at radius 2 is 1.21 bits per heavy atom. The van der Waals surface area contributed by atoms with E-state index in [1.807, 2.05) is 0 Å². The summed E-state index contributed by atoms with van der Waals surface area (Å²) in [5.41, 5.74) is -9.19. The van der Waals surface area contributed by atoms with E-state index >= 15 is 0 Å². The molecule has 0 rings (SSSR count). The molecular weight excluding hydrogens is 373 g/mol. The van der Waals surface area contributed by atoms with E-state index < -0.39 is 54.6 Å². The van der Waals surface area contributed by atoms with Crippen molar-refractivity contribution in [1.82, 2.24) is 0 Å². The Morgan fingerprint density at radius 1 is 0.833 bits per heavy atom. The molecule has 0 spiro atoms. The van der Waals surface area contributed by atoms with Crippen molar-refractivity contribution in [2.45, 2.75) is 38.3 Å². The van der Waals surface area contributed by atoms with Gasteiger partial charge in [0.05, 0.1) is 6.61 Å². The molecular formula is C11H9F11O2. The van der Waals surface area contributed by atoms with Crippen LogP contribution >= 0.6 is 0 Å². The van der Waals surface area contributed by atoms with Crippen molar-refractivity contribution in [2.24, 2.45) is 5.41 Å². The van der Waals surface area contributed by atoms with Gasteiger partial charge in [-0.2, -0.15) is 48.3 Å². The Hall–Kier alpha value is -1.56. The summed E-state index contributed by atoms with van der Waals surface area (Å²) >= 11 is 0. The van der Waals surface area contributed by atoms with E-state index in [0.29, 0.717) is 0 Å². The van der Waals surface area contributed by atoms with Gasteiger partial charge in [0.1, 0.15) is 5.57 Å². The molecule has 0 aliphatic carbocycles. The van der Waals surface area contributed by atoms with Crippen molar-refractivity contribution < 1.29 is 57.8 Å². The minimum Gasteiger partial charge on any atom is -0.462 e. The molecule has 0 N–H and O–H groups in total. The maximum absolute atomic E-state index is 12.6. The fourth-order valence-corrected chi connectivity index (χ4v) is 1.55. The number of rotatable bonds is 5. The Balaban J connectivity index is 6.30. The highest BCUT2D eigenvalue weighted by Gasteiger charge is 2.83. The van der Waals surface area contributed by atoms with Crippen LogP contribution in [0.4, 0.5) is 48.3 Å². The fourth-order valence-electron chi connectivity index (χ4n) is 1.55. The van der Waals surface area contributed by atoms with Crippen molar-refractivity contribution in [3.05, 3.63) is 11.7 Å². The quantitative estimate of drug-likeness (QED) is 0.373. The van der Waals surface area contributed by atoms with Gasteiger partial charge in [-0.1, -0.05) is 6.92 Å². The van der Waals surface area contributed by atoms with Crippen LogP contribution in [0.25, 0.3) is 0 Å². The number of hydrogen-bond acceptors (Lipinski definition) is 2. The van der Waals surface area contributed by atoms with Crippen molar-refractivity contribution in [2.75, 3.05) is 6.61 Å². The molecule has 142 valence electrons. The second-order valence-corrected chi connectivity index (χ2v) is 4.45. The van der Waals surface area contributed by atoms with Crippen LogP contribution < -0.4 is 0 Å². The van der Waals surface area contributed by atoms with E-state index in [1.54, 1.807) is 0 Å². The zero-order valence-electron chi connectivity index (χ0n) is 11.6. The van der Waals surface area contributed by atoms with Gasteiger partial charge in [-0.15, -0.1) is 0 Å². The summed E-state index contributed by atoms with van der Waals surface area (Å²) in [4.78, 5) is 11.1. The predicted octanol–water partition coefficient (Wildman–Crippen LogP) is 5.15. The number of halogens is 11. The molecule has 13 heteroatoms. The largest absolute Gasteiger partial charge is 0.462 e. The molecule has 0 bridgehead atoms. The van der Waals surface area contributed by atoms with Gasteiger partial charge >= 0.3 is 24.5 Å². The smallest absolute Gasteiger partial charge is 0.412 e. The lowest BCUT2D eigenvalue weighted by atomic mass is 9.79. The number of carbonyl (C=O) groups excluding carboxylic acids is 1. The Kier molecular flexibility index (Phi) is 6.67. The van der Waals surface area contributed by atoms with Crippen molar-refractivity contribution in [1.29, 1.82) is 0 Å². The molecule has 0 fully saturated rings. The second-order valence-electron chi connectivity index (χ2n) is 4.45. The first-order chi connectivity index (χ1) is 10.5. The van der Waals surface area contributed by atoms with Gasteiger partial charge in [-0.25, -0.2) is 4.79 Å². The molecule has 0 amide bonds. The lowest BCUT2D eigenvalue weighted by molar-refractivity contribution is -0.426. The van der Waals surface area contributed by atoms with Crippen molar-refractivity contribution in [3.8, 4) is 0 Å². The highest BCUT2D eigenvalue weighted by atomic mass is 19.4. The van der Waals surface area contributed by atoms with E-state index in [4.69, 9.17) is 0 Å². The summed E-state index contributed by atoms with van der Waals surface area (Å²) in [5.74, 6) is -2.39. The molecule has 2 nitrogen and oxygen atoms in total. The molecule has 0 unspecified atom stereocenters. The van der Waals surface area contributed by atoms with E-state index in [9.17, 15) is 53.1 Å². The van der Waals surface area contributed by atoms with Crippen LogP contribution in [-0.2, 0) is 9.53 Å². The average Bonchev–Trinajstić information content (AvgIpc) is 2.31. The zero-order chi connectivity index (χ0) is 19.6. The van der Waals surface area contributed by atoms with E-state index in [-0.39, 0.29) is 6.42 Å². The molecule has 0 aromatic carbocycles. The average molecular weight is 382 g/mol. The number of hydrogen-bond donors (Lipinski definition) is 0. The predicted molar refractivity (Wildman–Crippen MR) is 55.7 cm³/mol. The molecule has 0 aliphatic rings. The fraction of sp³-hybridized carbons (Fsp3) is 0.727. The zero-order valence-corrected chi connectivity index (χ0v) is 11.6. The molecule has 0 aliphatic heterocycles. The van der Waals surface area contributed by atoms with Crippen LogP contribution in [0, 0.1) is 5.41 Å². The van der Waals surface area contributed by atoms with Gasteiger partial charge in [0.25, 0.3) is 11.5 Å². The van der Waals surface area contributed by atoms with Gasteiger partial charge in [-0.3, -0.25) is 0 Å². The third-order valence-electron chi connectivity index (χ3n) is 2.81. The highest BCUT2D eigenvalue weighted by Crippen LogP contribution is 2.62. The molecule has 0 atom stereocenters. The van der Waals surface area contributed by atoms with Crippen molar-refractivity contribution in [3.63, 3.8) is 0 Å². The SMILES string of the molecule is CCCOC(=O)C(CC(C(F)(F)F)(C(F)(F)F)C(F)(F)F)=C(F)F. The first kappa shape index (κ1) is 22.4. The minimum absolute atomic E-state index is 0.0596. The van der Waals surface area contributed by atoms with Gasteiger partial charge in [0, 0.05) is 6.42 Å². The van der Waals surface area contributed by atoms with Gasteiger partial charge in [0.15, 0.2) is 0 Å². The first-order valence-electron chi connectivity index (χ1n) is 5.94. The van der Waals surface area contributed by atoms with Gasteiger partial charge in [-0.05, 0) is 6.42 Å². The summed E-state index contributed by atoms with van der Waals surface area (Å²) in [6.07, 6.45) is -28.0. The summed E-state index contributed by atoms with van der Waals surface area (Å²) < 4.78 is 143. The van der Waals surface area contributed by atoms with Crippen LogP contribution in [0.15, 0.2) is 11.7 Å². The molecule has 0 saturated heterocycles. The van der Waals surface area contributed by atoms with Crippen molar-refractivity contribution >= 4 is 5.97 Å².